The molecule has 0 atom stereocenters. The van der Waals surface area contributed by atoms with Crippen LogP contribution >= 0.6 is 0 Å². The van der Waals surface area contributed by atoms with Crippen molar-refractivity contribution in [3.63, 3.8) is 0 Å². The minimum Gasteiger partial charge on any atom is -0.345 e. The van der Waals surface area contributed by atoms with Gasteiger partial charge < -0.3 is 4.98 Å². The maximum absolute atomic E-state index is 13.4. The number of hydrogen-bond acceptors (Lipinski definition) is 6. The molecular weight excluding hydrogens is 475 g/mol. The molecule has 1 aliphatic rings. The van der Waals surface area contributed by atoms with Crippen LogP contribution in [0, 0.1) is 12.3 Å². The summed E-state index contributed by atoms with van der Waals surface area (Å²) in [6.07, 6.45) is 5.92. The predicted molar refractivity (Wildman–Crippen MR) is 127 cm³/mol. The number of rotatable bonds is 8. The van der Waals surface area contributed by atoms with Crippen molar-refractivity contribution >= 4 is 20.7 Å². The Labute approximate surface area is 200 Å². The van der Waals surface area contributed by atoms with Crippen LogP contribution in [0.5, 0.6) is 0 Å². The second kappa shape index (κ2) is 8.29. The molecule has 0 amide bonds. The lowest BCUT2D eigenvalue weighted by atomic mass is 10.2. The minimum absolute atomic E-state index is 0.0224. The molecule has 35 heavy (non-hydrogen) atoms. The van der Waals surface area contributed by atoms with E-state index in [0.29, 0.717) is 35.4 Å². The van der Waals surface area contributed by atoms with Crippen molar-refractivity contribution in [2.45, 2.75) is 37.8 Å². The highest BCUT2D eigenvalue weighted by molar-refractivity contribution is 7.91. The molecule has 0 aliphatic heterocycles. The lowest BCUT2D eigenvalue weighted by Gasteiger charge is -2.15. The normalized spacial score (nSPS) is 15.1. The second-order valence-electron chi connectivity index (χ2n) is 9.35. The number of H-pyrrole nitrogens is 1. The van der Waals surface area contributed by atoms with Gasteiger partial charge in [-0.15, -0.1) is 0 Å². The van der Waals surface area contributed by atoms with E-state index in [9.17, 15) is 22.4 Å². The number of nitrogens with one attached hydrogen (secondary N) is 1. The molecule has 4 aromatic rings. The standard InChI is InChI=1S/C23H25FN6O4S/c1-15-25-9-17(27-15)12-29-20-4-3-18(35(33,34)14-23(13-24)5-6-23)7-19(20)21(31)30(22(29)32)11-16-8-26-28(2)10-16/h3-4,7-10H,5-6,11-14H2,1-2H3,(H,25,27). The summed E-state index contributed by atoms with van der Waals surface area (Å²) in [5.74, 6) is 0.371. The van der Waals surface area contributed by atoms with Crippen LogP contribution in [0.15, 0.2) is 51.3 Å². The zero-order valence-electron chi connectivity index (χ0n) is 19.4. The van der Waals surface area contributed by atoms with Gasteiger partial charge in [-0.05, 0) is 38.0 Å². The molecule has 0 spiro atoms. The number of aromatic nitrogens is 6. The van der Waals surface area contributed by atoms with Gasteiger partial charge in [-0.2, -0.15) is 5.10 Å². The minimum atomic E-state index is -3.83. The first-order valence-corrected chi connectivity index (χ1v) is 12.8. The van der Waals surface area contributed by atoms with Gasteiger partial charge in [-0.3, -0.25) is 23.0 Å². The first-order valence-electron chi connectivity index (χ1n) is 11.1. The van der Waals surface area contributed by atoms with Crippen molar-refractivity contribution in [3.8, 4) is 0 Å². The van der Waals surface area contributed by atoms with Crippen LogP contribution in [-0.2, 0) is 30.0 Å². The molecule has 1 fully saturated rings. The van der Waals surface area contributed by atoms with Crippen LogP contribution in [-0.4, -0.2) is 49.7 Å². The highest BCUT2D eigenvalue weighted by Gasteiger charge is 2.46. The predicted octanol–water partition coefficient (Wildman–Crippen LogP) is 1.55. The van der Waals surface area contributed by atoms with E-state index in [-0.39, 0.29) is 29.1 Å². The summed E-state index contributed by atoms with van der Waals surface area (Å²) in [6.45, 7) is 1.18. The summed E-state index contributed by atoms with van der Waals surface area (Å²) in [7, 11) is -2.10. The Morgan fingerprint density at radius 3 is 2.51 bits per heavy atom. The van der Waals surface area contributed by atoms with Gasteiger partial charge in [-0.25, -0.2) is 18.2 Å². The molecule has 10 nitrogen and oxygen atoms in total. The molecule has 1 saturated carbocycles. The number of imidazole rings is 1. The summed E-state index contributed by atoms with van der Waals surface area (Å²) in [6, 6.07) is 4.15. The van der Waals surface area contributed by atoms with Gasteiger partial charge in [0, 0.05) is 24.2 Å². The number of halogens is 1. The molecule has 1 aromatic carbocycles. The van der Waals surface area contributed by atoms with Crippen molar-refractivity contribution in [2.75, 3.05) is 12.4 Å². The van der Waals surface area contributed by atoms with Crippen molar-refractivity contribution < 1.29 is 12.8 Å². The Balaban J connectivity index is 1.68. The van der Waals surface area contributed by atoms with Crippen molar-refractivity contribution in [1.82, 2.24) is 28.9 Å². The van der Waals surface area contributed by atoms with Gasteiger partial charge in [-0.1, -0.05) is 0 Å². The molecule has 5 rings (SSSR count). The molecule has 0 saturated heterocycles. The molecule has 3 aromatic heterocycles. The van der Waals surface area contributed by atoms with E-state index in [0.717, 1.165) is 4.57 Å². The Morgan fingerprint density at radius 2 is 1.91 bits per heavy atom. The van der Waals surface area contributed by atoms with Crippen LogP contribution < -0.4 is 11.2 Å². The number of hydrogen-bond donors (Lipinski definition) is 1. The van der Waals surface area contributed by atoms with Crippen LogP contribution in [0.1, 0.15) is 29.9 Å². The molecule has 0 radical (unpaired) electrons. The number of alkyl halides is 1. The average molecular weight is 501 g/mol. The fourth-order valence-corrected chi connectivity index (χ4v) is 6.24. The molecule has 184 valence electrons. The van der Waals surface area contributed by atoms with E-state index in [1.807, 2.05) is 0 Å². The number of benzene rings is 1. The van der Waals surface area contributed by atoms with E-state index in [1.165, 1.54) is 22.8 Å². The van der Waals surface area contributed by atoms with E-state index in [4.69, 9.17) is 0 Å². The van der Waals surface area contributed by atoms with E-state index in [2.05, 4.69) is 15.1 Å². The van der Waals surface area contributed by atoms with E-state index in [1.54, 1.807) is 37.2 Å². The second-order valence-corrected chi connectivity index (χ2v) is 11.3. The first kappa shape index (κ1) is 23.2. The van der Waals surface area contributed by atoms with Gasteiger partial charge in [0.15, 0.2) is 9.84 Å². The summed E-state index contributed by atoms with van der Waals surface area (Å²) < 4.78 is 43.6. The van der Waals surface area contributed by atoms with E-state index < -0.39 is 33.2 Å². The van der Waals surface area contributed by atoms with Gasteiger partial charge in [0.05, 0.1) is 59.4 Å². The number of aromatic amines is 1. The maximum atomic E-state index is 13.4. The Morgan fingerprint density at radius 1 is 1.14 bits per heavy atom. The number of nitrogens with zero attached hydrogens (tertiary/aromatic N) is 5. The number of fused-ring (bicyclic) bond motifs is 1. The zero-order valence-corrected chi connectivity index (χ0v) is 20.2. The maximum Gasteiger partial charge on any atom is 0.332 e. The lowest BCUT2D eigenvalue weighted by Crippen LogP contribution is -2.40. The van der Waals surface area contributed by atoms with E-state index >= 15 is 0 Å². The monoisotopic (exact) mass is 500 g/mol. The zero-order chi connectivity index (χ0) is 25.0. The van der Waals surface area contributed by atoms with Crippen LogP contribution in [0.2, 0.25) is 0 Å². The summed E-state index contributed by atoms with van der Waals surface area (Å²) in [4.78, 5) is 34.1. The smallest absolute Gasteiger partial charge is 0.332 e. The lowest BCUT2D eigenvalue weighted by molar-refractivity contribution is 0.367. The van der Waals surface area contributed by atoms with Gasteiger partial charge in [0.1, 0.15) is 5.82 Å². The van der Waals surface area contributed by atoms with Crippen molar-refractivity contribution in [2.24, 2.45) is 12.5 Å². The molecule has 3 heterocycles. The van der Waals surface area contributed by atoms with Crippen LogP contribution in [0.25, 0.3) is 10.9 Å². The van der Waals surface area contributed by atoms with Crippen molar-refractivity contribution in [1.29, 1.82) is 0 Å². The third-order valence-electron chi connectivity index (χ3n) is 6.48. The molecule has 0 unspecified atom stereocenters. The van der Waals surface area contributed by atoms with Gasteiger partial charge in [0.2, 0.25) is 0 Å². The molecule has 12 heteroatoms. The SMILES string of the molecule is Cc1ncc(Cn2c(=O)n(Cc3cnn(C)c3)c(=O)c3cc(S(=O)(=O)CC4(CF)CC4)ccc32)[nH]1. The molecular formula is C23H25FN6O4S. The molecule has 1 aliphatic carbocycles. The highest BCUT2D eigenvalue weighted by Crippen LogP contribution is 2.47. The quantitative estimate of drug-likeness (QED) is 0.391. The summed E-state index contributed by atoms with van der Waals surface area (Å²) in [5, 5.41) is 4.18. The number of aryl methyl sites for hydroxylation is 2. The first-order chi connectivity index (χ1) is 16.6. The van der Waals surface area contributed by atoms with Crippen molar-refractivity contribution in [3.05, 3.63) is 74.7 Å². The fourth-order valence-electron chi connectivity index (χ4n) is 4.33. The Kier molecular flexibility index (Phi) is 5.50. The van der Waals surface area contributed by atoms with Gasteiger partial charge >= 0.3 is 5.69 Å². The largest absolute Gasteiger partial charge is 0.345 e. The van der Waals surface area contributed by atoms with Gasteiger partial charge in [0.25, 0.3) is 5.56 Å². The number of sulfone groups is 1. The average Bonchev–Trinajstić information content (AvgIpc) is 3.26. The Hall–Kier alpha value is -3.54. The van der Waals surface area contributed by atoms with Crippen LogP contribution in [0.4, 0.5) is 4.39 Å². The molecule has 1 N–H and O–H groups in total. The third-order valence-corrected chi connectivity index (χ3v) is 8.44. The third kappa shape index (κ3) is 4.33. The summed E-state index contributed by atoms with van der Waals surface area (Å²) >= 11 is 0. The van der Waals surface area contributed by atoms with Crippen LogP contribution in [0.3, 0.4) is 0 Å². The topological polar surface area (TPSA) is 125 Å². The highest BCUT2D eigenvalue weighted by atomic mass is 32.2. The fraction of sp³-hybridized carbons (Fsp3) is 0.391. The molecule has 0 bridgehead atoms. The Bertz CT molecular complexity index is 1660. The summed E-state index contributed by atoms with van der Waals surface area (Å²) in [5.41, 5.74) is -0.352.